The summed E-state index contributed by atoms with van der Waals surface area (Å²) in [6, 6.07) is 5.32. The Morgan fingerprint density at radius 1 is 1.36 bits per heavy atom. The molecule has 0 spiro atoms. The number of aryl methyl sites for hydroxylation is 2. The molecule has 0 bridgehead atoms. The van der Waals surface area contributed by atoms with E-state index in [4.69, 9.17) is 13.7 Å². The van der Waals surface area contributed by atoms with E-state index in [1.165, 1.54) is 0 Å². The molecule has 2 aromatic heterocycles. The van der Waals surface area contributed by atoms with Crippen molar-refractivity contribution < 1.29 is 18.5 Å². The van der Waals surface area contributed by atoms with Gasteiger partial charge in [-0.2, -0.15) is 4.98 Å². The number of fused-ring (bicyclic) bond motifs is 1. The number of benzene rings is 1. The molecular weight excluding hydrogens is 322 g/mol. The SMILES string of the molecule is COc1ccc2oc(C(=O)N3CCCC3c3nc(C)no3)c(C)c2c1. The number of hydrogen-bond donors (Lipinski definition) is 0. The molecule has 0 N–H and O–H groups in total. The first-order valence-electron chi connectivity index (χ1n) is 8.27. The molecule has 3 aromatic rings. The molecule has 4 rings (SSSR count). The lowest BCUT2D eigenvalue weighted by atomic mass is 10.1. The zero-order chi connectivity index (χ0) is 17.6. The Labute approximate surface area is 144 Å². The summed E-state index contributed by atoms with van der Waals surface area (Å²) in [6.45, 7) is 4.30. The molecule has 0 aliphatic carbocycles. The molecule has 25 heavy (non-hydrogen) atoms. The summed E-state index contributed by atoms with van der Waals surface area (Å²) in [5.41, 5.74) is 1.48. The summed E-state index contributed by atoms with van der Waals surface area (Å²) in [6.07, 6.45) is 1.70. The van der Waals surface area contributed by atoms with Crippen LogP contribution in [0.3, 0.4) is 0 Å². The van der Waals surface area contributed by atoms with E-state index in [2.05, 4.69) is 10.1 Å². The molecule has 7 heteroatoms. The van der Waals surface area contributed by atoms with E-state index >= 15 is 0 Å². The highest BCUT2D eigenvalue weighted by molar-refractivity contribution is 5.99. The van der Waals surface area contributed by atoms with Crippen LogP contribution in [0.15, 0.2) is 27.1 Å². The first kappa shape index (κ1) is 15.7. The summed E-state index contributed by atoms with van der Waals surface area (Å²) in [7, 11) is 1.61. The number of hydrogen-bond acceptors (Lipinski definition) is 6. The highest BCUT2D eigenvalue weighted by atomic mass is 16.5. The zero-order valence-electron chi connectivity index (χ0n) is 14.4. The van der Waals surface area contributed by atoms with Gasteiger partial charge in [-0.15, -0.1) is 0 Å². The number of rotatable bonds is 3. The van der Waals surface area contributed by atoms with Crippen molar-refractivity contribution in [3.63, 3.8) is 0 Å². The largest absolute Gasteiger partial charge is 0.497 e. The third-order valence-electron chi connectivity index (χ3n) is 4.68. The molecule has 7 nitrogen and oxygen atoms in total. The highest BCUT2D eigenvalue weighted by Crippen LogP contribution is 2.35. The van der Waals surface area contributed by atoms with Crippen molar-refractivity contribution in [2.24, 2.45) is 0 Å². The van der Waals surface area contributed by atoms with Crippen LogP contribution in [0.1, 0.15) is 46.7 Å². The monoisotopic (exact) mass is 341 g/mol. The summed E-state index contributed by atoms with van der Waals surface area (Å²) >= 11 is 0. The van der Waals surface area contributed by atoms with Gasteiger partial charge in [-0.3, -0.25) is 4.79 Å². The molecule has 1 aliphatic heterocycles. The van der Waals surface area contributed by atoms with E-state index < -0.39 is 0 Å². The molecule has 1 aliphatic rings. The van der Waals surface area contributed by atoms with Crippen molar-refractivity contribution in [1.29, 1.82) is 0 Å². The molecule has 0 radical (unpaired) electrons. The number of nitrogens with zero attached hydrogens (tertiary/aromatic N) is 3. The van der Waals surface area contributed by atoms with Gasteiger partial charge in [0, 0.05) is 17.5 Å². The number of amides is 1. The Bertz CT molecular complexity index is 943. The lowest BCUT2D eigenvalue weighted by molar-refractivity contribution is 0.0679. The zero-order valence-corrected chi connectivity index (χ0v) is 14.4. The van der Waals surface area contributed by atoms with Crippen LogP contribution in [-0.2, 0) is 0 Å². The number of carbonyl (C=O) groups is 1. The summed E-state index contributed by atoms with van der Waals surface area (Å²) in [5, 5.41) is 4.72. The van der Waals surface area contributed by atoms with E-state index in [0.717, 1.165) is 29.5 Å². The maximum atomic E-state index is 13.1. The summed E-state index contributed by atoms with van der Waals surface area (Å²) in [4.78, 5) is 19.1. The van der Waals surface area contributed by atoms with Gasteiger partial charge in [-0.1, -0.05) is 5.16 Å². The van der Waals surface area contributed by atoms with Crippen molar-refractivity contribution in [1.82, 2.24) is 15.0 Å². The Morgan fingerprint density at radius 2 is 2.20 bits per heavy atom. The van der Waals surface area contributed by atoms with E-state index in [-0.39, 0.29) is 11.9 Å². The van der Waals surface area contributed by atoms with Gasteiger partial charge in [0.1, 0.15) is 17.4 Å². The molecule has 3 heterocycles. The van der Waals surface area contributed by atoms with Gasteiger partial charge in [-0.25, -0.2) is 0 Å². The predicted octanol–water partition coefficient (Wildman–Crippen LogP) is 3.42. The molecular formula is C18H19N3O4. The Morgan fingerprint density at radius 3 is 2.92 bits per heavy atom. The number of furan rings is 1. The van der Waals surface area contributed by atoms with Crippen LogP contribution in [-0.4, -0.2) is 34.6 Å². The smallest absolute Gasteiger partial charge is 0.290 e. The summed E-state index contributed by atoms with van der Waals surface area (Å²) in [5.74, 6) is 1.99. The maximum absolute atomic E-state index is 13.1. The first-order valence-corrected chi connectivity index (χ1v) is 8.27. The number of methoxy groups -OCH3 is 1. The highest BCUT2D eigenvalue weighted by Gasteiger charge is 2.36. The minimum Gasteiger partial charge on any atom is -0.497 e. The molecule has 1 unspecified atom stereocenters. The van der Waals surface area contributed by atoms with E-state index in [0.29, 0.717) is 29.6 Å². The van der Waals surface area contributed by atoms with E-state index in [1.54, 1.807) is 18.9 Å². The van der Waals surface area contributed by atoms with Crippen LogP contribution in [0.4, 0.5) is 0 Å². The molecule has 1 aromatic carbocycles. The Balaban J connectivity index is 1.70. The van der Waals surface area contributed by atoms with Crippen LogP contribution in [0.5, 0.6) is 5.75 Å². The van der Waals surface area contributed by atoms with Gasteiger partial charge in [0.25, 0.3) is 5.91 Å². The quantitative estimate of drug-likeness (QED) is 0.726. The van der Waals surface area contributed by atoms with Gasteiger partial charge in [0.15, 0.2) is 11.6 Å². The molecule has 0 saturated carbocycles. The van der Waals surface area contributed by atoms with Gasteiger partial charge >= 0.3 is 0 Å². The molecule has 1 atom stereocenters. The van der Waals surface area contributed by atoms with Gasteiger partial charge in [-0.05, 0) is 44.9 Å². The number of aromatic nitrogens is 2. The third-order valence-corrected chi connectivity index (χ3v) is 4.68. The topological polar surface area (TPSA) is 81.6 Å². The lowest BCUT2D eigenvalue weighted by Crippen LogP contribution is -2.30. The van der Waals surface area contributed by atoms with Crippen LogP contribution in [0.2, 0.25) is 0 Å². The average Bonchev–Trinajstić information content (AvgIpc) is 3.33. The fraction of sp³-hybridized carbons (Fsp3) is 0.389. The van der Waals surface area contributed by atoms with E-state index in [9.17, 15) is 4.79 Å². The maximum Gasteiger partial charge on any atom is 0.290 e. The third kappa shape index (κ3) is 2.56. The van der Waals surface area contributed by atoms with Crippen molar-refractivity contribution in [2.75, 3.05) is 13.7 Å². The Kier molecular flexibility index (Phi) is 3.71. The van der Waals surface area contributed by atoms with Crippen LogP contribution >= 0.6 is 0 Å². The number of likely N-dealkylation sites (tertiary alicyclic amines) is 1. The fourth-order valence-corrected chi connectivity index (χ4v) is 3.38. The standard InChI is InChI=1S/C18H19N3O4/c1-10-13-9-12(23-3)6-7-15(13)24-16(10)18(22)21-8-4-5-14(21)17-19-11(2)20-25-17/h6-7,9,14H,4-5,8H2,1-3H3. The molecule has 1 fully saturated rings. The van der Waals surface area contributed by atoms with E-state index in [1.807, 2.05) is 25.1 Å². The average molecular weight is 341 g/mol. The number of ether oxygens (including phenoxy) is 1. The van der Waals surface area contributed by atoms with Gasteiger partial charge < -0.3 is 18.6 Å². The Hall–Kier alpha value is -2.83. The minimum atomic E-state index is -0.198. The minimum absolute atomic E-state index is 0.147. The normalized spacial score (nSPS) is 17.4. The molecule has 1 amide bonds. The van der Waals surface area contributed by atoms with Crippen molar-refractivity contribution in [3.8, 4) is 5.75 Å². The first-order chi connectivity index (χ1) is 12.1. The van der Waals surface area contributed by atoms with Crippen molar-refractivity contribution in [3.05, 3.63) is 41.2 Å². The molecule has 1 saturated heterocycles. The van der Waals surface area contributed by atoms with Crippen LogP contribution in [0, 0.1) is 13.8 Å². The lowest BCUT2D eigenvalue weighted by Gasteiger charge is -2.20. The molecule has 130 valence electrons. The predicted molar refractivity (Wildman–Crippen MR) is 89.5 cm³/mol. The second-order valence-electron chi connectivity index (χ2n) is 6.25. The van der Waals surface area contributed by atoms with Crippen LogP contribution in [0.25, 0.3) is 11.0 Å². The van der Waals surface area contributed by atoms with Crippen molar-refractivity contribution >= 4 is 16.9 Å². The fourth-order valence-electron chi connectivity index (χ4n) is 3.38. The second kappa shape index (κ2) is 5.91. The summed E-state index contributed by atoms with van der Waals surface area (Å²) < 4.78 is 16.4. The van der Waals surface area contributed by atoms with Gasteiger partial charge in [0.05, 0.1) is 7.11 Å². The second-order valence-corrected chi connectivity index (χ2v) is 6.25. The van der Waals surface area contributed by atoms with Crippen molar-refractivity contribution in [2.45, 2.75) is 32.7 Å². The van der Waals surface area contributed by atoms with Gasteiger partial charge in [0.2, 0.25) is 5.89 Å². The van der Waals surface area contributed by atoms with Crippen LogP contribution < -0.4 is 4.74 Å². The number of carbonyl (C=O) groups excluding carboxylic acids is 1.